The van der Waals surface area contributed by atoms with Crippen molar-refractivity contribution in [3.05, 3.63) is 23.8 Å². The summed E-state index contributed by atoms with van der Waals surface area (Å²) < 4.78 is 35.0. The Morgan fingerprint density at radius 3 is 2.35 bits per heavy atom. The second-order valence-corrected chi connectivity index (χ2v) is 17.8. The number of ether oxygens (including phenoxy) is 6. The molecule has 4 aliphatic carbocycles. The average Bonchev–Trinajstić information content (AvgIpc) is 3.62. The summed E-state index contributed by atoms with van der Waals surface area (Å²) in [6.45, 7) is 8.52. The molecule has 8 N–H and O–H groups in total. The van der Waals surface area contributed by atoms with Crippen LogP contribution in [0.4, 0.5) is 4.79 Å². The first kappa shape index (κ1) is 46.7. The number of hydrogen-bond donors (Lipinski definition) is 8. The Labute approximate surface area is 359 Å². The molecule has 6 rings (SSSR count). The van der Waals surface area contributed by atoms with Gasteiger partial charge in [0.2, 0.25) is 18.1 Å². The highest BCUT2D eigenvalue weighted by Gasteiger charge is 2.92. The van der Waals surface area contributed by atoms with Gasteiger partial charge >= 0.3 is 18.0 Å². The number of aliphatic carboxylic acids is 2. The lowest BCUT2D eigenvalue weighted by molar-refractivity contribution is -0.352. The van der Waals surface area contributed by atoms with Gasteiger partial charge < -0.3 is 70.2 Å². The van der Waals surface area contributed by atoms with E-state index in [1.807, 2.05) is 6.92 Å². The van der Waals surface area contributed by atoms with E-state index < -0.39 is 48.5 Å². The first-order valence-corrected chi connectivity index (χ1v) is 21.2. The Hall–Kier alpha value is -4.76. The predicted molar refractivity (Wildman–Crippen MR) is 217 cm³/mol. The van der Waals surface area contributed by atoms with Gasteiger partial charge in [-0.2, -0.15) is 5.10 Å². The third kappa shape index (κ3) is 9.73. The number of fused-ring (bicyclic) bond motifs is 1. The van der Waals surface area contributed by atoms with E-state index in [-0.39, 0.29) is 111 Å². The zero-order chi connectivity index (χ0) is 44.8. The van der Waals surface area contributed by atoms with E-state index in [1.54, 1.807) is 18.3 Å². The van der Waals surface area contributed by atoms with Crippen molar-refractivity contribution in [2.24, 2.45) is 26.8 Å². The number of nitrogens with zero attached hydrogens (tertiary/aromatic N) is 1. The second kappa shape index (κ2) is 19.3. The number of hydrogen-bond acceptors (Lipinski definition) is 15. The molecule has 1 heterocycles. The molecule has 9 atom stereocenters. The Bertz CT molecular complexity index is 1850. The number of aliphatic hydroxyl groups is 2. The minimum Gasteiger partial charge on any atom is -0.491 e. The maximum absolute atomic E-state index is 12.9. The molecule has 5 aliphatic rings. The summed E-state index contributed by atoms with van der Waals surface area (Å²) >= 11 is 0. The smallest absolute Gasteiger partial charge is 0.407 e. The number of carbonyl (C=O) groups is 5. The molecule has 5 unspecified atom stereocenters. The molecule has 0 aromatic heterocycles. The lowest BCUT2D eigenvalue weighted by atomic mass is 9.21. The first-order valence-electron chi connectivity index (χ1n) is 21.2. The molecule has 20 nitrogen and oxygen atoms in total. The van der Waals surface area contributed by atoms with E-state index in [4.69, 9.17) is 33.5 Å². The summed E-state index contributed by atoms with van der Waals surface area (Å²) in [4.78, 5) is 58.7. The van der Waals surface area contributed by atoms with Crippen molar-refractivity contribution in [2.75, 3.05) is 52.6 Å². The molecule has 1 aliphatic heterocycles. The van der Waals surface area contributed by atoms with Gasteiger partial charge in [0.15, 0.2) is 6.10 Å². The number of carboxylic acid groups (broad SMARTS) is 2. The molecule has 4 saturated carbocycles. The number of rotatable bonds is 25. The fraction of sp³-hybridized carbons (Fsp3) is 0.714. The van der Waals surface area contributed by atoms with Crippen LogP contribution in [0.25, 0.3) is 0 Å². The number of benzene rings is 1. The van der Waals surface area contributed by atoms with Crippen LogP contribution in [-0.4, -0.2) is 139 Å². The summed E-state index contributed by atoms with van der Waals surface area (Å²) in [5.74, 6) is -2.88. The normalized spacial score (nSPS) is 32.5. The maximum atomic E-state index is 12.9. The Morgan fingerprint density at radius 2 is 1.61 bits per heavy atom. The van der Waals surface area contributed by atoms with E-state index in [2.05, 4.69) is 40.3 Å². The minimum atomic E-state index is -1.70. The van der Waals surface area contributed by atoms with Crippen molar-refractivity contribution in [1.29, 1.82) is 0 Å². The predicted octanol–water partition coefficient (Wildman–Crippen LogP) is 1.44. The summed E-state index contributed by atoms with van der Waals surface area (Å²) in [7, 11) is 0. The highest BCUT2D eigenvalue weighted by atomic mass is 16.7. The monoisotopic (exact) mass is 875 g/mol. The number of carboxylic acids is 2. The van der Waals surface area contributed by atoms with Gasteiger partial charge in [-0.25, -0.2) is 9.59 Å². The third-order valence-corrected chi connectivity index (χ3v) is 13.5. The largest absolute Gasteiger partial charge is 0.491 e. The molecule has 1 aromatic rings. The molecule has 3 amide bonds. The zero-order valence-electron chi connectivity index (χ0n) is 35.6. The molecule has 1 saturated heterocycles. The molecule has 1 spiro atoms. The fourth-order valence-electron chi connectivity index (χ4n) is 11.9. The van der Waals surface area contributed by atoms with Gasteiger partial charge in [0, 0.05) is 63.3 Å². The van der Waals surface area contributed by atoms with E-state index in [1.165, 1.54) is 18.9 Å². The average molecular weight is 876 g/mol. The maximum Gasteiger partial charge on any atom is 0.407 e. The number of amides is 3. The first-order chi connectivity index (χ1) is 29.5. The van der Waals surface area contributed by atoms with E-state index in [0.29, 0.717) is 17.6 Å². The van der Waals surface area contributed by atoms with Crippen molar-refractivity contribution in [1.82, 2.24) is 21.4 Å². The summed E-state index contributed by atoms with van der Waals surface area (Å²) in [6, 6.07) is 4.63. The Kier molecular flexibility index (Phi) is 14.6. The van der Waals surface area contributed by atoms with Crippen LogP contribution in [0.1, 0.15) is 84.1 Å². The van der Waals surface area contributed by atoms with Crippen molar-refractivity contribution in [3.63, 3.8) is 0 Å². The Balaban J connectivity index is 0.961. The number of aliphatic hydroxyl groups excluding tert-OH is 2. The van der Waals surface area contributed by atoms with Crippen molar-refractivity contribution in [2.45, 2.75) is 115 Å². The topological polar surface area (TPSA) is 282 Å². The lowest BCUT2D eigenvalue weighted by Gasteiger charge is -2.83. The third-order valence-electron chi connectivity index (χ3n) is 13.5. The summed E-state index contributed by atoms with van der Waals surface area (Å²) in [5.41, 5.74) is 4.49. The highest BCUT2D eigenvalue weighted by Crippen LogP contribution is 2.96. The van der Waals surface area contributed by atoms with Crippen LogP contribution in [-0.2, 0) is 44.7 Å². The van der Waals surface area contributed by atoms with Gasteiger partial charge in [-0.3, -0.25) is 14.4 Å². The van der Waals surface area contributed by atoms with Crippen LogP contribution >= 0.6 is 0 Å². The molecule has 5 fully saturated rings. The van der Waals surface area contributed by atoms with Crippen LogP contribution in [0.5, 0.6) is 11.5 Å². The van der Waals surface area contributed by atoms with Crippen LogP contribution < -0.4 is 30.8 Å². The van der Waals surface area contributed by atoms with Crippen LogP contribution in [0, 0.1) is 21.7 Å². The summed E-state index contributed by atoms with van der Waals surface area (Å²) in [6.07, 6.45) is -0.0796. The molecule has 62 heavy (non-hydrogen) atoms. The quantitative estimate of drug-likeness (QED) is 0.0392. The molecule has 20 heteroatoms. The van der Waals surface area contributed by atoms with Crippen molar-refractivity contribution in [3.8, 4) is 11.5 Å². The molecule has 1 aromatic carbocycles. The number of alkyl carbamates (subject to hydrolysis) is 1. The molecule has 344 valence electrons. The summed E-state index contributed by atoms with van der Waals surface area (Å²) in [5, 5.41) is 50.6. The SMILES string of the molecule is C/C=N\NCC12CC3(OCCNC(=O)OCc4ccc(O[C@H]5C[C@@H](O)[C@H](O)[C@@H](C(=O)O)O5)cc4OCCOCCNC(=O)CCNC(=O)CCC(=O)O)CC4(C)CC(C)(C1)C42C3. The Morgan fingerprint density at radius 1 is 0.871 bits per heavy atom. The van der Waals surface area contributed by atoms with E-state index >= 15 is 0 Å². The lowest BCUT2D eigenvalue weighted by Crippen LogP contribution is -2.78. The molecular weight excluding hydrogens is 814 g/mol. The molecule has 2 bridgehead atoms. The van der Waals surface area contributed by atoms with E-state index in [9.17, 15) is 39.3 Å². The van der Waals surface area contributed by atoms with Gasteiger partial charge in [-0.05, 0) is 72.8 Å². The zero-order valence-corrected chi connectivity index (χ0v) is 35.6. The van der Waals surface area contributed by atoms with Gasteiger partial charge in [-0.1, -0.05) is 13.8 Å². The van der Waals surface area contributed by atoms with E-state index in [0.717, 1.165) is 25.8 Å². The van der Waals surface area contributed by atoms with Gasteiger partial charge in [0.25, 0.3) is 0 Å². The van der Waals surface area contributed by atoms with Crippen LogP contribution in [0.15, 0.2) is 23.3 Å². The van der Waals surface area contributed by atoms with Gasteiger partial charge in [0.05, 0.1) is 37.9 Å². The van der Waals surface area contributed by atoms with Gasteiger partial charge in [-0.15, -0.1) is 0 Å². The number of hydrazone groups is 1. The fourth-order valence-corrected chi connectivity index (χ4v) is 11.9. The second-order valence-electron chi connectivity index (χ2n) is 17.8. The molecular formula is C42H61N5O15. The van der Waals surface area contributed by atoms with Gasteiger partial charge in [0.1, 0.15) is 30.8 Å². The minimum absolute atomic E-state index is 0.00818. The van der Waals surface area contributed by atoms with Crippen molar-refractivity contribution < 1.29 is 72.8 Å². The highest BCUT2D eigenvalue weighted by molar-refractivity contribution is 5.81. The van der Waals surface area contributed by atoms with Crippen molar-refractivity contribution >= 4 is 36.1 Å². The van der Waals surface area contributed by atoms with Crippen LogP contribution in [0.3, 0.4) is 0 Å². The standard InChI is InChI=1S/C42H61N5O15/c1-4-46-47-25-40-21-38(2)20-39(3)22-41(23-40,24-42(38,39)40)60-14-12-45-37(56)59-19-26-5-6-27(61-33-18-28(48)34(53)35(62-33)36(54)55)17-29(26)58-16-15-57-13-11-44-31(50)9-10-43-30(49)7-8-32(51)52/h4-6,17,28,33-35,47-48,53H,7-16,18-25H2,1-3H3,(H,43,49)(H,44,50)(H,45,56)(H,51,52)(H,54,55)/b46-4-/t28-,33-,34+,35+,38?,39?,40?,41?,42?/m1/s1. The molecule has 0 radical (unpaired) electrons. The number of nitrogens with one attached hydrogen (secondary N) is 4. The number of carbonyl (C=O) groups excluding carboxylic acids is 3. The van der Waals surface area contributed by atoms with Crippen LogP contribution in [0.2, 0.25) is 0 Å².